The summed E-state index contributed by atoms with van der Waals surface area (Å²) in [4.78, 5) is 1.50. The van der Waals surface area contributed by atoms with E-state index in [-0.39, 0.29) is 0 Å². The van der Waals surface area contributed by atoms with Gasteiger partial charge in [0.1, 0.15) is 0 Å². The van der Waals surface area contributed by atoms with Crippen LogP contribution in [0, 0.1) is 0 Å². The number of nitrogens with one attached hydrogen (secondary N) is 1. The summed E-state index contributed by atoms with van der Waals surface area (Å²) in [7, 11) is 0. The maximum atomic E-state index is 3.91. The lowest BCUT2D eigenvalue weighted by Crippen LogP contribution is -2.18. The second-order valence-electron chi connectivity index (χ2n) is 2.43. The van der Waals surface area contributed by atoms with E-state index in [2.05, 4.69) is 22.5 Å². The topological polar surface area (TPSA) is 42.7 Å². The normalized spacial score (nSPS) is 9.91. The van der Waals surface area contributed by atoms with Gasteiger partial charge in [0.2, 0.25) is 0 Å². The summed E-state index contributed by atoms with van der Waals surface area (Å²) in [6.07, 6.45) is 7.00. The number of unbranched alkanes of at least 4 members (excludes halogenated alkanes) is 2. The van der Waals surface area contributed by atoms with Crippen LogP contribution in [-0.2, 0) is 0 Å². The summed E-state index contributed by atoms with van der Waals surface area (Å²) in [5.41, 5.74) is 3.05. The molecule has 4 heteroatoms. The molecule has 0 amide bonds. The maximum Gasteiger partial charge on any atom is 0.0714 e. The maximum absolute atomic E-state index is 3.91. The van der Waals surface area contributed by atoms with Crippen molar-refractivity contribution in [1.82, 2.24) is 15.1 Å². The summed E-state index contributed by atoms with van der Waals surface area (Å²) in [5.74, 6) is 0. The summed E-state index contributed by atoms with van der Waals surface area (Å²) in [6.45, 7) is 3.13. The molecule has 0 unspecified atom stereocenters. The number of hydrogen-bond acceptors (Lipinski definition) is 3. The van der Waals surface area contributed by atoms with Crippen molar-refractivity contribution >= 4 is 0 Å². The molecule has 11 heavy (non-hydrogen) atoms. The second kappa shape index (κ2) is 4.71. The lowest BCUT2D eigenvalue weighted by Gasteiger charge is -2.01. The van der Waals surface area contributed by atoms with E-state index in [0.29, 0.717) is 0 Å². The molecule has 1 rings (SSSR count). The fourth-order valence-corrected chi connectivity index (χ4v) is 0.851. The molecule has 1 N–H and O–H groups in total. The lowest BCUT2D eigenvalue weighted by molar-refractivity contribution is 0.609. The number of nitrogens with zero attached hydrogens (tertiary/aromatic N) is 3. The number of aromatic nitrogens is 3. The van der Waals surface area contributed by atoms with E-state index in [4.69, 9.17) is 0 Å². The van der Waals surface area contributed by atoms with Gasteiger partial charge in [0, 0.05) is 6.54 Å². The van der Waals surface area contributed by atoms with E-state index in [9.17, 15) is 0 Å². The van der Waals surface area contributed by atoms with Gasteiger partial charge in [-0.1, -0.05) is 24.7 Å². The van der Waals surface area contributed by atoms with Gasteiger partial charge in [0.05, 0.1) is 12.4 Å². The van der Waals surface area contributed by atoms with Gasteiger partial charge in [-0.15, -0.1) is 10.2 Å². The molecule has 1 aromatic heterocycles. The Labute approximate surface area is 66.6 Å². The second-order valence-corrected chi connectivity index (χ2v) is 2.43. The quantitative estimate of drug-likeness (QED) is 0.644. The zero-order valence-electron chi connectivity index (χ0n) is 6.82. The Kier molecular flexibility index (Phi) is 3.44. The Morgan fingerprint density at radius 2 is 2.00 bits per heavy atom. The molecule has 0 saturated heterocycles. The van der Waals surface area contributed by atoms with E-state index >= 15 is 0 Å². The summed E-state index contributed by atoms with van der Waals surface area (Å²) >= 11 is 0. The average Bonchev–Trinajstić information content (AvgIpc) is 2.50. The largest absolute Gasteiger partial charge is 0.293 e. The minimum atomic E-state index is 0.947. The average molecular weight is 154 g/mol. The highest BCUT2D eigenvalue weighted by Gasteiger charge is 1.87. The third-order valence-electron chi connectivity index (χ3n) is 1.45. The first-order valence-electron chi connectivity index (χ1n) is 4.03. The van der Waals surface area contributed by atoms with Crippen molar-refractivity contribution in [3.63, 3.8) is 0 Å². The van der Waals surface area contributed by atoms with Gasteiger partial charge in [-0.2, -0.15) is 0 Å². The predicted octanol–water partition coefficient (Wildman–Crippen LogP) is 1.01. The highest BCUT2D eigenvalue weighted by Crippen LogP contribution is 1.91. The van der Waals surface area contributed by atoms with Gasteiger partial charge in [0.25, 0.3) is 0 Å². The molecular weight excluding hydrogens is 140 g/mol. The first-order chi connectivity index (χ1) is 5.43. The van der Waals surface area contributed by atoms with Crippen molar-refractivity contribution in [1.29, 1.82) is 0 Å². The molecule has 0 aliphatic carbocycles. The molecule has 0 aromatic carbocycles. The molecule has 0 atom stereocenters. The molecule has 0 aliphatic heterocycles. The first kappa shape index (κ1) is 8.04. The SMILES string of the molecule is CCCCCNn1nccn1. The zero-order valence-corrected chi connectivity index (χ0v) is 6.82. The Morgan fingerprint density at radius 1 is 1.27 bits per heavy atom. The van der Waals surface area contributed by atoms with Crippen LogP contribution >= 0.6 is 0 Å². The predicted molar refractivity (Wildman–Crippen MR) is 43.8 cm³/mol. The van der Waals surface area contributed by atoms with Crippen molar-refractivity contribution in [3.05, 3.63) is 12.4 Å². The molecule has 62 valence electrons. The molecule has 4 nitrogen and oxygen atoms in total. The van der Waals surface area contributed by atoms with Crippen LogP contribution in [0.15, 0.2) is 12.4 Å². The molecule has 1 heterocycles. The Morgan fingerprint density at radius 3 is 2.64 bits per heavy atom. The highest BCUT2D eigenvalue weighted by atomic mass is 15.7. The van der Waals surface area contributed by atoms with E-state index in [0.717, 1.165) is 6.54 Å². The Hall–Kier alpha value is -1.06. The Bertz CT molecular complexity index is 171. The smallest absolute Gasteiger partial charge is 0.0714 e. The lowest BCUT2D eigenvalue weighted by atomic mass is 10.3. The van der Waals surface area contributed by atoms with Gasteiger partial charge >= 0.3 is 0 Å². The number of rotatable bonds is 5. The van der Waals surface area contributed by atoms with Crippen LogP contribution in [0.1, 0.15) is 26.2 Å². The van der Waals surface area contributed by atoms with Crippen LogP contribution in [0.4, 0.5) is 0 Å². The summed E-state index contributed by atoms with van der Waals surface area (Å²) in [6, 6.07) is 0. The highest BCUT2D eigenvalue weighted by molar-refractivity contribution is 4.66. The van der Waals surface area contributed by atoms with E-state index in [1.807, 2.05) is 0 Å². The van der Waals surface area contributed by atoms with Gasteiger partial charge in [-0.3, -0.25) is 5.43 Å². The van der Waals surface area contributed by atoms with Gasteiger partial charge in [-0.25, -0.2) is 0 Å². The molecular formula is C7H14N4. The van der Waals surface area contributed by atoms with Gasteiger partial charge in [0.15, 0.2) is 0 Å². The standard InChI is InChI=1S/C7H14N4/c1-2-3-4-5-8-11-9-6-7-10-11/h6-8H,2-5H2,1H3. The third kappa shape index (κ3) is 3.02. The molecule has 0 spiro atoms. The minimum Gasteiger partial charge on any atom is -0.293 e. The van der Waals surface area contributed by atoms with Gasteiger partial charge in [-0.05, 0) is 6.42 Å². The first-order valence-corrected chi connectivity index (χ1v) is 4.03. The van der Waals surface area contributed by atoms with Crippen LogP contribution in [0.5, 0.6) is 0 Å². The molecule has 1 aromatic rings. The van der Waals surface area contributed by atoms with E-state index in [1.165, 1.54) is 24.2 Å². The summed E-state index contributed by atoms with van der Waals surface area (Å²) < 4.78 is 0. The van der Waals surface area contributed by atoms with Crippen molar-refractivity contribution in [2.45, 2.75) is 26.2 Å². The number of hydrogen-bond donors (Lipinski definition) is 1. The molecule has 0 aliphatic rings. The molecule has 0 saturated carbocycles. The van der Waals surface area contributed by atoms with Crippen molar-refractivity contribution in [2.75, 3.05) is 12.0 Å². The molecule has 0 fully saturated rings. The monoisotopic (exact) mass is 154 g/mol. The van der Waals surface area contributed by atoms with E-state index in [1.54, 1.807) is 12.4 Å². The van der Waals surface area contributed by atoms with Crippen LogP contribution in [-0.4, -0.2) is 21.6 Å². The minimum absolute atomic E-state index is 0.947. The van der Waals surface area contributed by atoms with Crippen LogP contribution in [0.2, 0.25) is 0 Å². The fraction of sp³-hybridized carbons (Fsp3) is 0.714. The zero-order chi connectivity index (χ0) is 7.94. The van der Waals surface area contributed by atoms with Crippen LogP contribution in [0.25, 0.3) is 0 Å². The van der Waals surface area contributed by atoms with Crippen LogP contribution < -0.4 is 5.43 Å². The third-order valence-corrected chi connectivity index (χ3v) is 1.45. The Balaban J connectivity index is 2.04. The van der Waals surface area contributed by atoms with E-state index < -0.39 is 0 Å². The summed E-state index contributed by atoms with van der Waals surface area (Å²) in [5, 5.41) is 7.82. The molecule has 0 radical (unpaired) electrons. The van der Waals surface area contributed by atoms with Gasteiger partial charge < -0.3 is 0 Å². The fourth-order valence-electron chi connectivity index (χ4n) is 0.851. The van der Waals surface area contributed by atoms with Crippen molar-refractivity contribution in [3.8, 4) is 0 Å². The van der Waals surface area contributed by atoms with Crippen molar-refractivity contribution in [2.24, 2.45) is 0 Å². The van der Waals surface area contributed by atoms with Crippen molar-refractivity contribution < 1.29 is 0 Å². The molecule has 0 bridgehead atoms. The van der Waals surface area contributed by atoms with Crippen LogP contribution in [0.3, 0.4) is 0 Å².